The van der Waals surface area contributed by atoms with Crippen molar-refractivity contribution < 1.29 is 4.79 Å². The molecule has 3 rings (SSSR count). The summed E-state index contributed by atoms with van der Waals surface area (Å²) in [5.41, 5.74) is 9.55. The number of benzene rings is 2. The fourth-order valence-corrected chi connectivity index (χ4v) is 3.02. The molecule has 0 fully saturated rings. The summed E-state index contributed by atoms with van der Waals surface area (Å²) in [7, 11) is 0. The predicted octanol–water partition coefficient (Wildman–Crippen LogP) is 2.87. The van der Waals surface area contributed by atoms with Crippen molar-refractivity contribution in [3.63, 3.8) is 0 Å². The van der Waals surface area contributed by atoms with E-state index < -0.39 is 5.91 Å². The van der Waals surface area contributed by atoms with Crippen LogP contribution in [0.5, 0.6) is 0 Å². The number of fused-ring (bicyclic) bond motifs is 1. The minimum absolute atomic E-state index is 0.441. The van der Waals surface area contributed by atoms with Gasteiger partial charge in [-0.15, -0.1) is 0 Å². The van der Waals surface area contributed by atoms with Crippen LogP contribution in [-0.4, -0.2) is 12.5 Å². The Morgan fingerprint density at radius 1 is 1.29 bits per heavy atom. The number of hydrogen-bond acceptors (Lipinski definition) is 2. The van der Waals surface area contributed by atoms with Crippen molar-refractivity contribution in [2.45, 2.75) is 18.9 Å². The molecule has 2 aromatic carbocycles. The first-order valence-corrected chi connectivity index (χ1v) is 7.39. The fourth-order valence-electron chi connectivity index (χ4n) is 2.77. The van der Waals surface area contributed by atoms with E-state index in [4.69, 9.17) is 17.3 Å². The zero-order valence-electron chi connectivity index (χ0n) is 11.6. The molecular formula is C17H17ClN2O. The highest BCUT2D eigenvalue weighted by atomic mass is 35.5. The molecule has 1 atom stereocenters. The van der Waals surface area contributed by atoms with Gasteiger partial charge in [0.15, 0.2) is 0 Å². The Balaban J connectivity index is 1.56. The van der Waals surface area contributed by atoms with E-state index in [1.165, 1.54) is 11.1 Å². The Bertz CT molecular complexity index is 684. The van der Waals surface area contributed by atoms with Gasteiger partial charge in [0.2, 0.25) is 5.91 Å². The summed E-state index contributed by atoms with van der Waals surface area (Å²) in [5, 5.41) is 4.01. The van der Waals surface area contributed by atoms with Crippen LogP contribution >= 0.6 is 11.6 Å². The molecule has 21 heavy (non-hydrogen) atoms. The van der Waals surface area contributed by atoms with Crippen LogP contribution in [0.1, 0.15) is 33.0 Å². The standard InChI is InChI=1S/C17H17ClN2O/c18-16-8-12(17(19)21)5-6-13(16)9-20-10-14-7-11-3-1-2-4-15(11)14/h1-6,8,14,20H,7,9-10H2,(H2,19,21). The molecule has 108 valence electrons. The summed E-state index contributed by atoms with van der Waals surface area (Å²) in [4.78, 5) is 11.1. The molecule has 1 unspecified atom stereocenters. The first-order chi connectivity index (χ1) is 10.1. The van der Waals surface area contributed by atoms with Crippen molar-refractivity contribution in [1.82, 2.24) is 5.32 Å². The number of carbonyl (C=O) groups excluding carboxylic acids is 1. The van der Waals surface area contributed by atoms with Gasteiger partial charge in [0.1, 0.15) is 0 Å². The maximum atomic E-state index is 11.1. The fraction of sp³-hybridized carbons (Fsp3) is 0.235. The highest BCUT2D eigenvalue weighted by molar-refractivity contribution is 6.31. The average molecular weight is 301 g/mol. The first-order valence-electron chi connectivity index (χ1n) is 7.02. The van der Waals surface area contributed by atoms with E-state index in [2.05, 4.69) is 29.6 Å². The van der Waals surface area contributed by atoms with E-state index in [0.717, 1.165) is 18.5 Å². The molecule has 2 aromatic rings. The van der Waals surface area contributed by atoms with E-state index in [0.29, 0.717) is 23.0 Å². The molecule has 0 aliphatic heterocycles. The molecule has 0 saturated heterocycles. The normalized spacial score (nSPS) is 16.1. The van der Waals surface area contributed by atoms with Crippen molar-refractivity contribution >= 4 is 17.5 Å². The number of primary amides is 1. The number of nitrogens with two attached hydrogens (primary N) is 1. The van der Waals surface area contributed by atoms with Crippen LogP contribution in [0.25, 0.3) is 0 Å². The molecule has 3 N–H and O–H groups in total. The number of rotatable bonds is 5. The largest absolute Gasteiger partial charge is 0.366 e. The zero-order valence-corrected chi connectivity index (χ0v) is 12.4. The lowest BCUT2D eigenvalue weighted by Gasteiger charge is -2.30. The van der Waals surface area contributed by atoms with E-state index in [-0.39, 0.29) is 0 Å². The van der Waals surface area contributed by atoms with E-state index in [1.807, 2.05) is 6.07 Å². The molecule has 4 heteroatoms. The van der Waals surface area contributed by atoms with Crippen LogP contribution in [0.4, 0.5) is 0 Å². The number of halogens is 1. The number of carbonyl (C=O) groups is 1. The van der Waals surface area contributed by atoms with Crippen molar-refractivity contribution in [1.29, 1.82) is 0 Å². The van der Waals surface area contributed by atoms with Gasteiger partial charge < -0.3 is 11.1 Å². The Labute approximate surface area is 129 Å². The van der Waals surface area contributed by atoms with Gasteiger partial charge in [-0.25, -0.2) is 0 Å². The third kappa shape index (κ3) is 2.94. The smallest absolute Gasteiger partial charge is 0.248 e. The Morgan fingerprint density at radius 3 is 2.81 bits per heavy atom. The summed E-state index contributed by atoms with van der Waals surface area (Å²) < 4.78 is 0. The molecule has 0 spiro atoms. The van der Waals surface area contributed by atoms with Crippen molar-refractivity contribution in [2.24, 2.45) is 5.73 Å². The van der Waals surface area contributed by atoms with Crippen molar-refractivity contribution in [3.8, 4) is 0 Å². The Hall–Kier alpha value is -1.84. The molecule has 0 radical (unpaired) electrons. The lowest BCUT2D eigenvalue weighted by molar-refractivity contribution is 0.100. The lowest BCUT2D eigenvalue weighted by atomic mass is 9.77. The van der Waals surface area contributed by atoms with Crippen molar-refractivity contribution in [2.75, 3.05) is 6.54 Å². The van der Waals surface area contributed by atoms with Crippen LogP contribution in [0.15, 0.2) is 42.5 Å². The monoisotopic (exact) mass is 300 g/mol. The molecule has 1 aliphatic rings. The summed E-state index contributed by atoms with van der Waals surface area (Å²) >= 11 is 6.17. The third-order valence-electron chi connectivity index (χ3n) is 4.01. The van der Waals surface area contributed by atoms with Gasteiger partial charge in [-0.1, -0.05) is 41.9 Å². The van der Waals surface area contributed by atoms with Crippen LogP contribution < -0.4 is 11.1 Å². The average Bonchev–Trinajstić information content (AvgIpc) is 2.45. The van der Waals surface area contributed by atoms with Crippen LogP contribution in [0.2, 0.25) is 5.02 Å². The quantitative estimate of drug-likeness (QED) is 0.892. The molecule has 0 bridgehead atoms. The number of hydrogen-bond donors (Lipinski definition) is 2. The molecule has 1 aliphatic carbocycles. The van der Waals surface area contributed by atoms with Crippen LogP contribution in [-0.2, 0) is 13.0 Å². The summed E-state index contributed by atoms with van der Waals surface area (Å²) in [5.74, 6) is 0.132. The second-order valence-corrected chi connectivity index (χ2v) is 5.81. The SMILES string of the molecule is NC(=O)c1ccc(CNCC2Cc3ccccc32)c(Cl)c1. The van der Waals surface area contributed by atoms with Gasteiger partial charge in [0, 0.05) is 29.6 Å². The molecule has 0 aromatic heterocycles. The number of nitrogens with one attached hydrogen (secondary N) is 1. The van der Waals surface area contributed by atoms with Gasteiger partial charge in [-0.05, 0) is 35.2 Å². The van der Waals surface area contributed by atoms with E-state index in [9.17, 15) is 4.79 Å². The Morgan fingerprint density at radius 2 is 2.10 bits per heavy atom. The van der Waals surface area contributed by atoms with Crippen LogP contribution in [0.3, 0.4) is 0 Å². The summed E-state index contributed by atoms with van der Waals surface area (Å²) in [6.07, 6.45) is 1.14. The molecule has 3 nitrogen and oxygen atoms in total. The van der Waals surface area contributed by atoms with E-state index in [1.54, 1.807) is 12.1 Å². The maximum Gasteiger partial charge on any atom is 0.248 e. The molecule has 0 heterocycles. The van der Waals surface area contributed by atoms with E-state index >= 15 is 0 Å². The van der Waals surface area contributed by atoms with Crippen LogP contribution in [0, 0.1) is 0 Å². The van der Waals surface area contributed by atoms with Gasteiger partial charge in [-0.3, -0.25) is 4.79 Å². The van der Waals surface area contributed by atoms with Gasteiger partial charge >= 0.3 is 0 Å². The first kappa shape index (κ1) is 14.1. The zero-order chi connectivity index (χ0) is 14.8. The maximum absolute atomic E-state index is 11.1. The minimum Gasteiger partial charge on any atom is -0.366 e. The van der Waals surface area contributed by atoms with Gasteiger partial charge in [0.25, 0.3) is 0 Å². The molecule has 0 saturated carbocycles. The second kappa shape index (κ2) is 5.88. The molecule has 1 amide bonds. The Kier molecular flexibility index (Phi) is 3.95. The predicted molar refractivity (Wildman–Crippen MR) is 84.6 cm³/mol. The minimum atomic E-state index is -0.456. The number of amides is 1. The topological polar surface area (TPSA) is 55.1 Å². The van der Waals surface area contributed by atoms with Gasteiger partial charge in [-0.2, -0.15) is 0 Å². The summed E-state index contributed by atoms with van der Waals surface area (Å²) in [6, 6.07) is 13.7. The van der Waals surface area contributed by atoms with Gasteiger partial charge in [0.05, 0.1) is 0 Å². The third-order valence-corrected chi connectivity index (χ3v) is 4.36. The molecular weight excluding hydrogens is 284 g/mol. The second-order valence-electron chi connectivity index (χ2n) is 5.40. The highest BCUT2D eigenvalue weighted by Gasteiger charge is 2.24. The van der Waals surface area contributed by atoms with Crippen molar-refractivity contribution in [3.05, 3.63) is 69.7 Å². The summed E-state index contributed by atoms with van der Waals surface area (Å²) in [6.45, 7) is 1.63. The lowest BCUT2D eigenvalue weighted by Crippen LogP contribution is -2.28. The highest BCUT2D eigenvalue weighted by Crippen LogP contribution is 2.34.